The van der Waals surface area contributed by atoms with Crippen molar-refractivity contribution in [1.29, 1.82) is 0 Å². The van der Waals surface area contributed by atoms with Gasteiger partial charge in [-0.1, -0.05) is 0 Å². The van der Waals surface area contributed by atoms with Gasteiger partial charge in [0.2, 0.25) is 0 Å². The Labute approximate surface area is 90.6 Å². The molecule has 0 radical (unpaired) electrons. The molecule has 0 amide bonds. The predicted octanol–water partition coefficient (Wildman–Crippen LogP) is 1.04. The van der Waals surface area contributed by atoms with Gasteiger partial charge >= 0.3 is 0 Å². The van der Waals surface area contributed by atoms with Crippen molar-refractivity contribution in [2.45, 2.75) is 44.5 Å². The van der Waals surface area contributed by atoms with E-state index in [9.17, 15) is 0 Å². The van der Waals surface area contributed by atoms with E-state index in [1.54, 1.807) is 7.11 Å². The molecule has 1 aromatic heterocycles. The van der Waals surface area contributed by atoms with Crippen LogP contribution < -0.4 is 5.32 Å². The SMILES string of the molecule is COC1CC(NC(C)Cn2ccnc2)C1. The van der Waals surface area contributed by atoms with Crippen LogP contribution in [-0.2, 0) is 11.3 Å². The predicted molar refractivity (Wildman–Crippen MR) is 58.6 cm³/mol. The summed E-state index contributed by atoms with van der Waals surface area (Å²) in [6.07, 6.45) is 8.43. The summed E-state index contributed by atoms with van der Waals surface area (Å²) in [7, 11) is 1.79. The molecule has 1 N–H and O–H groups in total. The molecular formula is C11H19N3O. The Kier molecular flexibility index (Phi) is 3.38. The first kappa shape index (κ1) is 10.6. The molecule has 1 heterocycles. The molecule has 1 unspecified atom stereocenters. The number of hydrogen-bond acceptors (Lipinski definition) is 3. The zero-order chi connectivity index (χ0) is 10.7. The third-order valence-corrected chi connectivity index (χ3v) is 2.99. The highest BCUT2D eigenvalue weighted by Crippen LogP contribution is 2.22. The lowest BCUT2D eigenvalue weighted by Crippen LogP contribution is -2.49. The van der Waals surface area contributed by atoms with E-state index in [1.807, 2.05) is 18.7 Å². The first-order valence-electron chi connectivity index (χ1n) is 5.52. The average molecular weight is 209 g/mol. The highest BCUT2D eigenvalue weighted by atomic mass is 16.5. The summed E-state index contributed by atoms with van der Waals surface area (Å²) in [4.78, 5) is 4.03. The first-order valence-corrected chi connectivity index (χ1v) is 5.52. The minimum absolute atomic E-state index is 0.475. The number of imidazole rings is 1. The topological polar surface area (TPSA) is 39.1 Å². The highest BCUT2D eigenvalue weighted by Gasteiger charge is 2.29. The van der Waals surface area contributed by atoms with Gasteiger partial charge in [-0.25, -0.2) is 4.98 Å². The van der Waals surface area contributed by atoms with Crippen molar-refractivity contribution in [2.75, 3.05) is 7.11 Å². The molecule has 1 fully saturated rings. The van der Waals surface area contributed by atoms with Gasteiger partial charge in [-0.3, -0.25) is 0 Å². The molecule has 2 rings (SSSR count). The van der Waals surface area contributed by atoms with E-state index in [0.29, 0.717) is 18.2 Å². The van der Waals surface area contributed by atoms with Crippen LogP contribution in [0.15, 0.2) is 18.7 Å². The fraction of sp³-hybridized carbons (Fsp3) is 0.727. The van der Waals surface area contributed by atoms with Crippen molar-refractivity contribution in [2.24, 2.45) is 0 Å². The van der Waals surface area contributed by atoms with E-state index in [-0.39, 0.29) is 0 Å². The number of methoxy groups -OCH3 is 1. The lowest BCUT2D eigenvalue weighted by Gasteiger charge is -2.36. The van der Waals surface area contributed by atoms with Crippen LogP contribution in [0.2, 0.25) is 0 Å². The van der Waals surface area contributed by atoms with Crippen LogP contribution in [0.5, 0.6) is 0 Å². The zero-order valence-electron chi connectivity index (χ0n) is 9.39. The highest BCUT2D eigenvalue weighted by molar-refractivity contribution is 4.87. The molecule has 1 aliphatic carbocycles. The van der Waals surface area contributed by atoms with E-state index < -0.39 is 0 Å². The van der Waals surface area contributed by atoms with Crippen LogP contribution in [0.25, 0.3) is 0 Å². The standard InChI is InChI=1S/C11H19N3O/c1-9(7-14-4-3-12-8-14)13-10-5-11(6-10)15-2/h3-4,8-11,13H,5-7H2,1-2H3. The summed E-state index contributed by atoms with van der Waals surface area (Å²) in [5.41, 5.74) is 0. The van der Waals surface area contributed by atoms with Crippen molar-refractivity contribution < 1.29 is 4.74 Å². The van der Waals surface area contributed by atoms with E-state index in [0.717, 1.165) is 19.4 Å². The van der Waals surface area contributed by atoms with Crippen molar-refractivity contribution in [3.8, 4) is 0 Å². The molecule has 15 heavy (non-hydrogen) atoms. The van der Waals surface area contributed by atoms with Gasteiger partial charge in [0.25, 0.3) is 0 Å². The summed E-state index contributed by atoms with van der Waals surface area (Å²) in [6.45, 7) is 3.19. The Bertz CT molecular complexity index is 280. The first-order chi connectivity index (χ1) is 7.28. The van der Waals surface area contributed by atoms with Crippen molar-refractivity contribution in [1.82, 2.24) is 14.9 Å². The van der Waals surface area contributed by atoms with Gasteiger partial charge in [0.1, 0.15) is 0 Å². The minimum atomic E-state index is 0.475. The molecule has 1 saturated carbocycles. The second-order valence-electron chi connectivity index (χ2n) is 4.35. The van der Waals surface area contributed by atoms with Crippen molar-refractivity contribution in [3.63, 3.8) is 0 Å². The number of nitrogens with one attached hydrogen (secondary N) is 1. The molecule has 4 nitrogen and oxygen atoms in total. The number of aromatic nitrogens is 2. The molecule has 0 saturated heterocycles. The Morgan fingerprint density at radius 2 is 2.40 bits per heavy atom. The molecule has 1 atom stereocenters. The van der Waals surface area contributed by atoms with Gasteiger partial charge in [-0.15, -0.1) is 0 Å². The Morgan fingerprint density at radius 3 is 3.00 bits per heavy atom. The summed E-state index contributed by atoms with van der Waals surface area (Å²) < 4.78 is 7.35. The summed E-state index contributed by atoms with van der Waals surface area (Å²) in [6, 6.07) is 1.12. The Balaban J connectivity index is 1.67. The minimum Gasteiger partial charge on any atom is -0.381 e. The van der Waals surface area contributed by atoms with Gasteiger partial charge in [-0.05, 0) is 19.8 Å². The third-order valence-electron chi connectivity index (χ3n) is 2.99. The van der Waals surface area contributed by atoms with Crippen LogP contribution in [0.4, 0.5) is 0 Å². The molecule has 4 heteroatoms. The second-order valence-corrected chi connectivity index (χ2v) is 4.35. The number of rotatable bonds is 5. The molecular weight excluding hydrogens is 190 g/mol. The quantitative estimate of drug-likeness (QED) is 0.787. The lowest BCUT2D eigenvalue weighted by atomic mass is 9.89. The molecule has 0 aromatic carbocycles. The Morgan fingerprint density at radius 1 is 1.60 bits per heavy atom. The number of hydrogen-bond donors (Lipinski definition) is 1. The van der Waals surface area contributed by atoms with Gasteiger partial charge in [0.05, 0.1) is 12.4 Å². The van der Waals surface area contributed by atoms with Crippen LogP contribution >= 0.6 is 0 Å². The van der Waals surface area contributed by atoms with E-state index in [1.165, 1.54) is 0 Å². The van der Waals surface area contributed by atoms with Gasteiger partial charge in [0.15, 0.2) is 0 Å². The van der Waals surface area contributed by atoms with Gasteiger partial charge in [0, 0.05) is 38.1 Å². The van der Waals surface area contributed by atoms with Crippen LogP contribution in [0, 0.1) is 0 Å². The van der Waals surface area contributed by atoms with Crippen molar-refractivity contribution >= 4 is 0 Å². The number of ether oxygens (including phenoxy) is 1. The van der Waals surface area contributed by atoms with Crippen LogP contribution in [0.1, 0.15) is 19.8 Å². The van der Waals surface area contributed by atoms with Gasteiger partial charge < -0.3 is 14.6 Å². The second kappa shape index (κ2) is 4.77. The molecule has 84 valence electrons. The van der Waals surface area contributed by atoms with Crippen molar-refractivity contribution in [3.05, 3.63) is 18.7 Å². The maximum absolute atomic E-state index is 5.25. The normalized spacial score (nSPS) is 27.3. The molecule has 0 bridgehead atoms. The fourth-order valence-electron chi connectivity index (χ4n) is 2.06. The molecule has 0 aliphatic heterocycles. The Hall–Kier alpha value is -0.870. The average Bonchev–Trinajstić information content (AvgIpc) is 2.63. The maximum Gasteiger partial charge on any atom is 0.0946 e. The van der Waals surface area contributed by atoms with E-state index >= 15 is 0 Å². The molecule has 0 spiro atoms. The summed E-state index contributed by atoms with van der Waals surface area (Å²) >= 11 is 0. The number of nitrogens with zero attached hydrogens (tertiary/aromatic N) is 2. The van der Waals surface area contributed by atoms with Crippen LogP contribution in [0.3, 0.4) is 0 Å². The fourth-order valence-corrected chi connectivity index (χ4v) is 2.06. The van der Waals surface area contributed by atoms with Gasteiger partial charge in [-0.2, -0.15) is 0 Å². The van der Waals surface area contributed by atoms with E-state index in [2.05, 4.69) is 21.8 Å². The smallest absolute Gasteiger partial charge is 0.0946 e. The molecule has 1 aliphatic rings. The molecule has 1 aromatic rings. The summed E-state index contributed by atoms with van der Waals surface area (Å²) in [5.74, 6) is 0. The largest absolute Gasteiger partial charge is 0.381 e. The lowest BCUT2D eigenvalue weighted by molar-refractivity contribution is 0.0143. The van der Waals surface area contributed by atoms with Crippen LogP contribution in [-0.4, -0.2) is 34.8 Å². The maximum atomic E-state index is 5.25. The zero-order valence-corrected chi connectivity index (χ0v) is 9.39. The third kappa shape index (κ3) is 2.79. The monoisotopic (exact) mass is 209 g/mol. The summed E-state index contributed by atoms with van der Waals surface area (Å²) in [5, 5.41) is 3.59. The van der Waals surface area contributed by atoms with E-state index in [4.69, 9.17) is 4.74 Å².